The number of ether oxygens (including phenoxy) is 1. The van der Waals surface area contributed by atoms with E-state index in [1.54, 1.807) is 12.1 Å². The molecule has 7 heteroatoms. The number of aromatic nitrogens is 3. The summed E-state index contributed by atoms with van der Waals surface area (Å²) in [5.41, 5.74) is 2.76. The van der Waals surface area contributed by atoms with Crippen LogP contribution in [0.3, 0.4) is 0 Å². The summed E-state index contributed by atoms with van der Waals surface area (Å²) in [6.07, 6.45) is 4.69. The normalized spacial score (nSPS) is 23.7. The van der Waals surface area contributed by atoms with Gasteiger partial charge in [-0.05, 0) is 50.8 Å². The fourth-order valence-electron chi connectivity index (χ4n) is 4.20. The van der Waals surface area contributed by atoms with Crippen LogP contribution >= 0.6 is 0 Å². The van der Waals surface area contributed by atoms with Crippen LogP contribution in [0.1, 0.15) is 31.4 Å². The molecular weight excluding hydrogens is 356 g/mol. The summed E-state index contributed by atoms with van der Waals surface area (Å²) in [5.74, 6) is 1.26. The van der Waals surface area contributed by atoms with E-state index in [1.807, 2.05) is 31.2 Å². The van der Waals surface area contributed by atoms with Gasteiger partial charge in [-0.2, -0.15) is 0 Å². The molecule has 28 heavy (non-hydrogen) atoms. The molecule has 0 radical (unpaired) electrons. The van der Waals surface area contributed by atoms with Gasteiger partial charge in [-0.1, -0.05) is 11.2 Å². The van der Waals surface area contributed by atoms with E-state index in [2.05, 4.69) is 20.7 Å². The van der Waals surface area contributed by atoms with E-state index >= 15 is 0 Å². The van der Waals surface area contributed by atoms with Crippen molar-refractivity contribution in [3.05, 3.63) is 42.1 Å². The fraction of sp³-hybridized carbons (Fsp3) is 0.381. The van der Waals surface area contributed by atoms with Crippen molar-refractivity contribution in [1.29, 1.82) is 0 Å². The smallest absolute Gasteiger partial charge is 0.233 e. The molecule has 2 atom stereocenters. The van der Waals surface area contributed by atoms with Gasteiger partial charge in [-0.15, -0.1) is 10.2 Å². The van der Waals surface area contributed by atoms with Crippen LogP contribution in [0.2, 0.25) is 0 Å². The molecule has 1 aromatic carbocycles. The Kier molecular flexibility index (Phi) is 4.24. The molecule has 0 amide bonds. The molecule has 0 saturated carbocycles. The van der Waals surface area contributed by atoms with E-state index in [0.717, 1.165) is 24.1 Å². The van der Waals surface area contributed by atoms with Gasteiger partial charge in [-0.3, -0.25) is 0 Å². The predicted octanol–water partition coefficient (Wildman–Crippen LogP) is 3.47. The van der Waals surface area contributed by atoms with Crippen LogP contribution in [-0.4, -0.2) is 38.6 Å². The van der Waals surface area contributed by atoms with Crippen molar-refractivity contribution >= 4 is 0 Å². The highest BCUT2D eigenvalue weighted by Gasteiger charge is 2.34. The number of phenols is 1. The summed E-state index contributed by atoms with van der Waals surface area (Å²) in [4.78, 5) is 0. The molecular formula is C21H22N4O3. The molecule has 2 aliphatic rings. The molecule has 2 fully saturated rings. The first kappa shape index (κ1) is 17.2. The minimum Gasteiger partial charge on any atom is -0.507 e. The van der Waals surface area contributed by atoms with Crippen LogP contribution in [-0.2, 0) is 0 Å². The Hall–Kier alpha value is -2.93. The maximum atomic E-state index is 10.4. The lowest BCUT2D eigenvalue weighted by molar-refractivity contribution is 0.130. The number of piperidine rings is 1. The maximum Gasteiger partial charge on any atom is 0.233 e. The van der Waals surface area contributed by atoms with E-state index in [0.29, 0.717) is 35.0 Å². The lowest BCUT2D eigenvalue weighted by Gasteiger charge is -2.28. The van der Waals surface area contributed by atoms with E-state index in [9.17, 15) is 5.11 Å². The molecule has 2 aromatic heterocycles. The zero-order chi connectivity index (χ0) is 19.1. The molecule has 4 heterocycles. The number of nitrogens with one attached hydrogen (secondary N) is 1. The van der Waals surface area contributed by atoms with Crippen LogP contribution in [0, 0.1) is 6.92 Å². The topological polar surface area (TPSA) is 93.3 Å². The average molecular weight is 378 g/mol. The number of hydrogen-bond donors (Lipinski definition) is 2. The molecule has 2 saturated heterocycles. The summed E-state index contributed by atoms with van der Waals surface area (Å²) >= 11 is 0. The average Bonchev–Trinajstić information content (AvgIpc) is 3.27. The van der Waals surface area contributed by atoms with Gasteiger partial charge in [0.05, 0.1) is 11.4 Å². The third-order valence-corrected chi connectivity index (χ3v) is 5.54. The molecule has 5 rings (SSSR count). The Morgan fingerprint density at radius 2 is 1.89 bits per heavy atom. The van der Waals surface area contributed by atoms with Crippen molar-refractivity contribution < 1.29 is 14.4 Å². The Balaban J connectivity index is 1.31. The summed E-state index contributed by atoms with van der Waals surface area (Å²) in [6, 6.07) is 11.9. The van der Waals surface area contributed by atoms with Crippen molar-refractivity contribution in [2.45, 2.75) is 50.8 Å². The highest BCUT2D eigenvalue weighted by Crippen LogP contribution is 2.33. The van der Waals surface area contributed by atoms with Gasteiger partial charge >= 0.3 is 0 Å². The number of hydrogen-bond acceptors (Lipinski definition) is 7. The molecule has 2 unspecified atom stereocenters. The number of fused-ring (bicyclic) bond motifs is 2. The third kappa shape index (κ3) is 3.33. The molecule has 2 N–H and O–H groups in total. The van der Waals surface area contributed by atoms with Crippen LogP contribution in [0.4, 0.5) is 0 Å². The zero-order valence-corrected chi connectivity index (χ0v) is 15.6. The predicted molar refractivity (Wildman–Crippen MR) is 103 cm³/mol. The second-order valence-electron chi connectivity index (χ2n) is 7.67. The fourth-order valence-corrected chi connectivity index (χ4v) is 4.20. The second kappa shape index (κ2) is 6.91. The number of phenolic OH excluding ortho intramolecular Hbond substituents is 1. The highest BCUT2D eigenvalue weighted by atomic mass is 16.5. The molecule has 2 aliphatic heterocycles. The van der Waals surface area contributed by atoms with Crippen molar-refractivity contribution in [3.8, 4) is 34.2 Å². The summed E-state index contributed by atoms with van der Waals surface area (Å²) < 4.78 is 11.3. The number of benzene rings is 1. The number of aromatic hydroxyl groups is 1. The standard InChI is InChI=1S/C21H22N4O3/c1-12-8-20(28-25-12)13-2-5-17(19(26)9-13)18-6-7-21(24-23-18)27-16-10-14-3-4-15(11-16)22-14/h2,5-9,14-16,22,26H,3-4,10-11H2,1H3. The minimum atomic E-state index is 0.115. The largest absolute Gasteiger partial charge is 0.507 e. The van der Waals surface area contributed by atoms with E-state index in [1.165, 1.54) is 12.8 Å². The minimum absolute atomic E-state index is 0.115. The molecule has 0 spiro atoms. The third-order valence-electron chi connectivity index (χ3n) is 5.54. The van der Waals surface area contributed by atoms with Crippen LogP contribution in [0.15, 0.2) is 40.9 Å². The van der Waals surface area contributed by atoms with Crippen molar-refractivity contribution in [2.24, 2.45) is 0 Å². The number of rotatable bonds is 4. The summed E-state index contributed by atoms with van der Waals surface area (Å²) in [7, 11) is 0. The van der Waals surface area contributed by atoms with Gasteiger partial charge < -0.3 is 19.7 Å². The maximum absolute atomic E-state index is 10.4. The molecule has 144 valence electrons. The Morgan fingerprint density at radius 3 is 2.54 bits per heavy atom. The highest BCUT2D eigenvalue weighted by molar-refractivity contribution is 5.72. The Labute approximate surface area is 162 Å². The van der Waals surface area contributed by atoms with Gasteiger partial charge in [0.25, 0.3) is 0 Å². The molecule has 3 aromatic rings. The van der Waals surface area contributed by atoms with Gasteiger partial charge in [0, 0.05) is 35.3 Å². The van der Waals surface area contributed by atoms with E-state index < -0.39 is 0 Å². The van der Waals surface area contributed by atoms with Crippen molar-refractivity contribution in [3.63, 3.8) is 0 Å². The van der Waals surface area contributed by atoms with Gasteiger partial charge in [0.15, 0.2) is 5.76 Å². The first-order valence-electron chi connectivity index (χ1n) is 9.67. The lowest BCUT2D eigenvalue weighted by Crippen LogP contribution is -2.42. The van der Waals surface area contributed by atoms with E-state index in [-0.39, 0.29) is 11.9 Å². The van der Waals surface area contributed by atoms with Gasteiger partial charge in [-0.25, -0.2) is 0 Å². The molecule has 7 nitrogen and oxygen atoms in total. The second-order valence-corrected chi connectivity index (χ2v) is 7.67. The van der Waals surface area contributed by atoms with Crippen LogP contribution in [0.25, 0.3) is 22.6 Å². The first-order chi connectivity index (χ1) is 13.6. The SMILES string of the molecule is Cc1cc(-c2ccc(-c3ccc(OC4CC5CCC(C4)N5)nn3)c(O)c2)on1. The quantitative estimate of drug-likeness (QED) is 0.718. The first-order valence-corrected chi connectivity index (χ1v) is 9.67. The lowest BCUT2D eigenvalue weighted by atomic mass is 10.0. The van der Waals surface area contributed by atoms with E-state index in [4.69, 9.17) is 9.26 Å². The molecule has 2 bridgehead atoms. The van der Waals surface area contributed by atoms with Crippen LogP contribution < -0.4 is 10.1 Å². The Bertz CT molecular complexity index is 974. The van der Waals surface area contributed by atoms with Crippen molar-refractivity contribution in [1.82, 2.24) is 20.7 Å². The van der Waals surface area contributed by atoms with Gasteiger partial charge in [0.2, 0.25) is 5.88 Å². The monoisotopic (exact) mass is 378 g/mol. The number of nitrogens with zero attached hydrogens (tertiary/aromatic N) is 3. The summed E-state index contributed by atoms with van der Waals surface area (Å²) in [6.45, 7) is 1.86. The number of aryl methyl sites for hydroxylation is 1. The Morgan fingerprint density at radius 1 is 1.07 bits per heavy atom. The van der Waals surface area contributed by atoms with Crippen LogP contribution in [0.5, 0.6) is 11.6 Å². The summed E-state index contributed by atoms with van der Waals surface area (Å²) in [5, 5.41) is 26.4. The van der Waals surface area contributed by atoms with Gasteiger partial charge in [0.1, 0.15) is 11.9 Å². The zero-order valence-electron chi connectivity index (χ0n) is 15.6. The van der Waals surface area contributed by atoms with Crippen molar-refractivity contribution in [2.75, 3.05) is 0 Å². The molecule has 0 aliphatic carbocycles.